The third kappa shape index (κ3) is 5.19. The third-order valence-corrected chi connectivity index (χ3v) is 3.83. The Balaban J connectivity index is 1.82. The Kier molecular flexibility index (Phi) is 5.75. The molecule has 0 spiro atoms. The summed E-state index contributed by atoms with van der Waals surface area (Å²) >= 11 is 1.68. The Morgan fingerprint density at radius 1 is 1.33 bits per heavy atom. The van der Waals surface area contributed by atoms with Crippen molar-refractivity contribution in [1.82, 2.24) is 10.3 Å². The summed E-state index contributed by atoms with van der Waals surface area (Å²) in [4.78, 5) is 8.92. The predicted octanol–water partition coefficient (Wildman–Crippen LogP) is 2.91. The van der Waals surface area contributed by atoms with Crippen molar-refractivity contribution in [3.8, 4) is 10.6 Å². The second kappa shape index (κ2) is 7.78. The first-order valence-electron chi connectivity index (χ1n) is 7.18. The fourth-order valence-electron chi connectivity index (χ4n) is 1.79. The zero-order chi connectivity index (χ0) is 15.1. The van der Waals surface area contributed by atoms with Gasteiger partial charge >= 0.3 is 0 Å². The molecule has 0 fully saturated rings. The highest BCUT2D eigenvalue weighted by Gasteiger charge is 2.04. The van der Waals surface area contributed by atoms with Crippen LogP contribution in [0.2, 0.25) is 0 Å². The van der Waals surface area contributed by atoms with Gasteiger partial charge in [0.15, 0.2) is 5.96 Å². The van der Waals surface area contributed by atoms with Crippen molar-refractivity contribution < 1.29 is 0 Å². The average molecular weight is 302 g/mol. The van der Waals surface area contributed by atoms with Gasteiger partial charge in [-0.1, -0.05) is 44.2 Å². The monoisotopic (exact) mass is 302 g/mol. The first kappa shape index (κ1) is 15.5. The normalized spacial score (nSPS) is 11.9. The van der Waals surface area contributed by atoms with Crippen molar-refractivity contribution in [1.29, 1.82) is 0 Å². The van der Waals surface area contributed by atoms with Gasteiger partial charge in [0.2, 0.25) is 0 Å². The number of guanidine groups is 1. The molecular weight excluding hydrogens is 280 g/mol. The highest BCUT2D eigenvalue weighted by molar-refractivity contribution is 7.13. The van der Waals surface area contributed by atoms with Crippen LogP contribution < -0.4 is 11.1 Å². The standard InChI is InChI=1S/C16H22N4S/c1-12(2)10-19-16(17)18-9-8-14-11-21-15(20-14)13-6-4-3-5-7-13/h3-7,11-12H,8-10H2,1-2H3,(H3,17,18,19). The number of rotatable bonds is 6. The second-order valence-electron chi connectivity index (χ2n) is 5.31. The average Bonchev–Trinajstić information content (AvgIpc) is 2.95. The number of hydrogen-bond donors (Lipinski definition) is 2. The van der Waals surface area contributed by atoms with E-state index in [2.05, 4.69) is 46.7 Å². The minimum Gasteiger partial charge on any atom is -0.370 e. The van der Waals surface area contributed by atoms with Crippen molar-refractivity contribution in [2.45, 2.75) is 20.3 Å². The zero-order valence-corrected chi connectivity index (χ0v) is 13.4. The van der Waals surface area contributed by atoms with Crippen LogP contribution in [0.25, 0.3) is 10.6 Å². The highest BCUT2D eigenvalue weighted by Crippen LogP contribution is 2.23. The molecule has 3 N–H and O–H groups in total. The quantitative estimate of drug-likeness (QED) is 0.637. The summed E-state index contributed by atoms with van der Waals surface area (Å²) in [5, 5.41) is 6.29. The molecular formula is C16H22N4S. The van der Waals surface area contributed by atoms with Crippen LogP contribution in [0, 0.1) is 5.92 Å². The molecule has 2 aromatic rings. The molecule has 0 radical (unpaired) electrons. The molecule has 0 aliphatic rings. The van der Waals surface area contributed by atoms with Crippen LogP contribution in [-0.4, -0.2) is 24.0 Å². The van der Waals surface area contributed by atoms with Gasteiger partial charge in [0, 0.05) is 30.5 Å². The number of aromatic nitrogens is 1. The minimum absolute atomic E-state index is 0.516. The lowest BCUT2D eigenvalue weighted by molar-refractivity contribution is 0.661. The first-order chi connectivity index (χ1) is 10.1. The van der Waals surface area contributed by atoms with Crippen LogP contribution in [0.4, 0.5) is 0 Å². The number of thiazole rings is 1. The summed E-state index contributed by atoms with van der Waals surface area (Å²) in [5.74, 6) is 1.04. The number of benzene rings is 1. The molecule has 0 atom stereocenters. The molecule has 0 saturated carbocycles. The van der Waals surface area contributed by atoms with E-state index in [1.165, 1.54) is 5.56 Å². The summed E-state index contributed by atoms with van der Waals surface area (Å²) in [6, 6.07) is 10.2. The van der Waals surface area contributed by atoms with Crippen molar-refractivity contribution in [3.05, 3.63) is 41.4 Å². The van der Waals surface area contributed by atoms with Gasteiger partial charge in [0.25, 0.3) is 0 Å². The van der Waals surface area contributed by atoms with E-state index in [1.54, 1.807) is 11.3 Å². The molecule has 5 heteroatoms. The van der Waals surface area contributed by atoms with Crippen molar-refractivity contribution in [2.24, 2.45) is 16.6 Å². The Morgan fingerprint density at radius 3 is 2.81 bits per heavy atom. The lowest BCUT2D eigenvalue weighted by Gasteiger charge is -2.05. The van der Waals surface area contributed by atoms with Crippen LogP contribution in [0.1, 0.15) is 19.5 Å². The van der Waals surface area contributed by atoms with E-state index in [0.717, 1.165) is 30.2 Å². The summed E-state index contributed by atoms with van der Waals surface area (Å²) in [5.41, 5.74) is 8.06. The van der Waals surface area contributed by atoms with Crippen molar-refractivity contribution >= 4 is 17.3 Å². The van der Waals surface area contributed by atoms with Gasteiger partial charge in [-0.3, -0.25) is 4.99 Å². The maximum absolute atomic E-state index is 5.80. The summed E-state index contributed by atoms with van der Waals surface area (Å²) in [7, 11) is 0. The molecule has 112 valence electrons. The SMILES string of the molecule is CC(C)CN=C(N)NCCc1csc(-c2ccccc2)n1. The van der Waals surface area contributed by atoms with Gasteiger partial charge in [0.05, 0.1) is 5.69 Å². The molecule has 0 aliphatic heterocycles. The molecule has 1 aromatic carbocycles. The molecule has 0 amide bonds. The Bertz CT molecular complexity index is 575. The van der Waals surface area contributed by atoms with E-state index in [4.69, 9.17) is 5.73 Å². The van der Waals surface area contributed by atoms with E-state index in [9.17, 15) is 0 Å². The fraction of sp³-hybridized carbons (Fsp3) is 0.375. The van der Waals surface area contributed by atoms with E-state index >= 15 is 0 Å². The largest absolute Gasteiger partial charge is 0.370 e. The summed E-state index contributed by atoms with van der Waals surface area (Å²) in [6.07, 6.45) is 0.848. The maximum Gasteiger partial charge on any atom is 0.188 e. The predicted molar refractivity (Wildman–Crippen MR) is 90.6 cm³/mol. The van der Waals surface area contributed by atoms with E-state index < -0.39 is 0 Å². The molecule has 0 unspecified atom stereocenters. The molecule has 4 nitrogen and oxygen atoms in total. The van der Waals surface area contributed by atoms with Gasteiger partial charge in [-0.05, 0) is 5.92 Å². The molecule has 0 aliphatic carbocycles. The molecule has 0 saturated heterocycles. The lowest BCUT2D eigenvalue weighted by atomic mass is 10.2. The van der Waals surface area contributed by atoms with Gasteiger partial charge in [0.1, 0.15) is 5.01 Å². The number of nitrogens with two attached hydrogens (primary N) is 1. The van der Waals surface area contributed by atoms with E-state index in [-0.39, 0.29) is 0 Å². The molecule has 2 rings (SSSR count). The van der Waals surface area contributed by atoms with Crippen LogP contribution >= 0.6 is 11.3 Å². The highest BCUT2D eigenvalue weighted by atomic mass is 32.1. The number of nitrogens with zero attached hydrogens (tertiary/aromatic N) is 2. The maximum atomic E-state index is 5.80. The van der Waals surface area contributed by atoms with Gasteiger partial charge < -0.3 is 11.1 Å². The Labute approximate surface area is 130 Å². The third-order valence-electron chi connectivity index (χ3n) is 2.89. The molecule has 1 heterocycles. The van der Waals surface area contributed by atoms with Crippen LogP contribution in [-0.2, 0) is 6.42 Å². The van der Waals surface area contributed by atoms with Crippen LogP contribution in [0.5, 0.6) is 0 Å². The molecule has 0 bridgehead atoms. The van der Waals surface area contributed by atoms with E-state index in [0.29, 0.717) is 11.9 Å². The Hall–Kier alpha value is -1.88. The van der Waals surface area contributed by atoms with E-state index in [1.807, 2.05) is 18.2 Å². The summed E-state index contributed by atoms with van der Waals surface area (Å²) < 4.78 is 0. The fourth-order valence-corrected chi connectivity index (χ4v) is 2.65. The number of nitrogens with one attached hydrogen (secondary N) is 1. The van der Waals surface area contributed by atoms with Crippen molar-refractivity contribution in [2.75, 3.05) is 13.1 Å². The number of aliphatic imine (C=N–C) groups is 1. The molecule has 21 heavy (non-hydrogen) atoms. The van der Waals surface area contributed by atoms with Crippen LogP contribution in [0.15, 0.2) is 40.7 Å². The summed E-state index contributed by atoms with van der Waals surface area (Å²) in [6.45, 7) is 5.76. The van der Waals surface area contributed by atoms with Crippen molar-refractivity contribution in [3.63, 3.8) is 0 Å². The van der Waals surface area contributed by atoms with Gasteiger partial charge in [-0.15, -0.1) is 11.3 Å². The molecule has 1 aromatic heterocycles. The lowest BCUT2D eigenvalue weighted by Crippen LogP contribution is -2.33. The Morgan fingerprint density at radius 2 is 2.10 bits per heavy atom. The number of hydrogen-bond acceptors (Lipinski definition) is 3. The smallest absolute Gasteiger partial charge is 0.188 e. The van der Waals surface area contributed by atoms with Crippen LogP contribution in [0.3, 0.4) is 0 Å². The van der Waals surface area contributed by atoms with Gasteiger partial charge in [-0.25, -0.2) is 4.98 Å². The zero-order valence-electron chi connectivity index (χ0n) is 12.5. The minimum atomic E-state index is 0.516. The van der Waals surface area contributed by atoms with Gasteiger partial charge in [-0.2, -0.15) is 0 Å². The second-order valence-corrected chi connectivity index (χ2v) is 6.16. The topological polar surface area (TPSA) is 63.3 Å². The first-order valence-corrected chi connectivity index (χ1v) is 8.06.